The van der Waals surface area contributed by atoms with Crippen LogP contribution in [0.5, 0.6) is 5.75 Å². The van der Waals surface area contributed by atoms with Crippen molar-refractivity contribution in [3.8, 4) is 17.1 Å². The van der Waals surface area contributed by atoms with E-state index < -0.39 is 23.6 Å². The van der Waals surface area contributed by atoms with Crippen molar-refractivity contribution in [3.05, 3.63) is 69.4 Å². The predicted molar refractivity (Wildman–Crippen MR) is 109 cm³/mol. The SMILES string of the molecule is Cn1c(-c2cccc(OC(F)(F)F)c2)nc2c(NC(=O)c3cscn3)cccc2c1=O. The Morgan fingerprint density at radius 1 is 1.19 bits per heavy atom. The number of alkyl halides is 3. The number of fused-ring (bicyclic) bond motifs is 1. The second-order valence-corrected chi connectivity index (χ2v) is 7.12. The van der Waals surface area contributed by atoms with Gasteiger partial charge in [-0.1, -0.05) is 18.2 Å². The van der Waals surface area contributed by atoms with Gasteiger partial charge in [-0.3, -0.25) is 14.2 Å². The number of halogens is 3. The molecule has 0 radical (unpaired) electrons. The molecule has 0 saturated heterocycles. The number of carbonyl (C=O) groups is 1. The quantitative estimate of drug-likeness (QED) is 0.508. The van der Waals surface area contributed by atoms with Crippen LogP contribution in [0.2, 0.25) is 0 Å². The van der Waals surface area contributed by atoms with Crippen molar-refractivity contribution >= 4 is 33.8 Å². The van der Waals surface area contributed by atoms with Gasteiger partial charge in [0.25, 0.3) is 11.5 Å². The molecule has 7 nitrogen and oxygen atoms in total. The molecule has 11 heteroatoms. The fraction of sp³-hybridized carbons (Fsp3) is 0.100. The first-order chi connectivity index (χ1) is 14.7. The van der Waals surface area contributed by atoms with E-state index in [1.54, 1.807) is 23.6 Å². The summed E-state index contributed by atoms with van der Waals surface area (Å²) in [6.45, 7) is 0. The number of nitrogens with zero attached hydrogens (tertiary/aromatic N) is 3. The first-order valence-electron chi connectivity index (χ1n) is 8.78. The molecule has 1 amide bonds. The van der Waals surface area contributed by atoms with Gasteiger partial charge >= 0.3 is 6.36 Å². The van der Waals surface area contributed by atoms with Crippen LogP contribution in [0.25, 0.3) is 22.3 Å². The fourth-order valence-corrected chi connectivity index (χ4v) is 3.53. The van der Waals surface area contributed by atoms with Crippen molar-refractivity contribution in [2.24, 2.45) is 7.05 Å². The Balaban J connectivity index is 1.82. The third-order valence-electron chi connectivity index (χ3n) is 4.35. The number of nitrogens with one attached hydrogen (secondary N) is 1. The average molecular weight is 446 g/mol. The number of anilines is 1. The van der Waals surface area contributed by atoms with Gasteiger partial charge in [0.05, 0.1) is 16.6 Å². The summed E-state index contributed by atoms with van der Waals surface area (Å²) >= 11 is 1.26. The van der Waals surface area contributed by atoms with E-state index in [0.29, 0.717) is 0 Å². The summed E-state index contributed by atoms with van der Waals surface area (Å²) < 4.78 is 42.9. The van der Waals surface area contributed by atoms with Crippen molar-refractivity contribution in [2.75, 3.05) is 5.32 Å². The van der Waals surface area contributed by atoms with Crippen molar-refractivity contribution < 1.29 is 22.7 Å². The number of benzene rings is 2. The van der Waals surface area contributed by atoms with Crippen LogP contribution in [0.3, 0.4) is 0 Å². The molecular formula is C20H13F3N4O3S. The van der Waals surface area contributed by atoms with Crippen LogP contribution in [0, 0.1) is 0 Å². The minimum Gasteiger partial charge on any atom is -0.406 e. The Kier molecular flexibility index (Phi) is 5.19. The maximum absolute atomic E-state index is 12.9. The number of hydrogen-bond acceptors (Lipinski definition) is 6. The number of amides is 1. The summed E-state index contributed by atoms with van der Waals surface area (Å²) in [5, 5.41) is 4.49. The van der Waals surface area contributed by atoms with Gasteiger partial charge in [-0.2, -0.15) is 0 Å². The Morgan fingerprint density at radius 3 is 2.68 bits per heavy atom. The number of thiazole rings is 1. The summed E-state index contributed by atoms with van der Waals surface area (Å²) in [5.41, 5.74) is 2.02. The molecule has 0 spiro atoms. The Bertz CT molecular complexity index is 1330. The molecule has 0 bridgehead atoms. The third kappa shape index (κ3) is 4.26. The standard InChI is InChI=1S/C20H13F3N4O3S/c1-27-17(11-4-2-5-12(8-11)30-20(21,22)23)26-16-13(19(27)29)6-3-7-14(16)25-18(28)15-9-31-10-24-15/h2-10H,1H3,(H,25,28). The normalized spacial score (nSPS) is 11.5. The zero-order valence-electron chi connectivity index (χ0n) is 15.8. The molecular weight excluding hydrogens is 433 g/mol. The van der Waals surface area contributed by atoms with Crippen molar-refractivity contribution in [2.45, 2.75) is 6.36 Å². The Labute approximate surface area is 176 Å². The zero-order chi connectivity index (χ0) is 22.2. The minimum atomic E-state index is -4.85. The lowest BCUT2D eigenvalue weighted by molar-refractivity contribution is -0.274. The van der Waals surface area contributed by atoms with Crippen LogP contribution in [-0.4, -0.2) is 26.8 Å². The lowest BCUT2D eigenvalue weighted by Crippen LogP contribution is -2.21. The van der Waals surface area contributed by atoms with E-state index >= 15 is 0 Å². The molecule has 0 atom stereocenters. The van der Waals surface area contributed by atoms with E-state index in [-0.39, 0.29) is 33.7 Å². The molecule has 0 fully saturated rings. The molecule has 31 heavy (non-hydrogen) atoms. The summed E-state index contributed by atoms with van der Waals surface area (Å²) in [7, 11) is 1.46. The minimum absolute atomic E-state index is 0.112. The number of para-hydroxylation sites is 1. The molecule has 158 valence electrons. The van der Waals surface area contributed by atoms with Crippen molar-refractivity contribution in [1.82, 2.24) is 14.5 Å². The van der Waals surface area contributed by atoms with Gasteiger partial charge in [0.15, 0.2) is 0 Å². The van der Waals surface area contributed by atoms with Gasteiger partial charge in [-0.15, -0.1) is 24.5 Å². The van der Waals surface area contributed by atoms with Gasteiger partial charge in [-0.05, 0) is 24.3 Å². The highest BCUT2D eigenvalue weighted by Crippen LogP contribution is 2.28. The summed E-state index contributed by atoms with van der Waals surface area (Å²) in [4.78, 5) is 33.7. The van der Waals surface area contributed by atoms with E-state index in [4.69, 9.17) is 0 Å². The zero-order valence-corrected chi connectivity index (χ0v) is 16.6. The van der Waals surface area contributed by atoms with E-state index in [2.05, 4.69) is 20.0 Å². The van der Waals surface area contributed by atoms with Gasteiger partial charge in [-0.25, -0.2) is 9.97 Å². The molecule has 2 aromatic carbocycles. The number of ether oxygens (including phenoxy) is 1. The molecule has 0 aliphatic carbocycles. The van der Waals surface area contributed by atoms with Crippen molar-refractivity contribution in [3.63, 3.8) is 0 Å². The van der Waals surface area contributed by atoms with E-state index in [0.717, 1.165) is 12.1 Å². The number of rotatable bonds is 4. The van der Waals surface area contributed by atoms with E-state index in [1.807, 2.05) is 0 Å². The maximum Gasteiger partial charge on any atom is 0.573 e. The lowest BCUT2D eigenvalue weighted by atomic mass is 10.1. The van der Waals surface area contributed by atoms with Gasteiger partial charge < -0.3 is 10.1 Å². The Morgan fingerprint density at radius 2 is 1.97 bits per heavy atom. The predicted octanol–water partition coefficient (Wildman–Crippen LogP) is 4.21. The van der Waals surface area contributed by atoms with Crippen LogP contribution < -0.4 is 15.6 Å². The highest BCUT2D eigenvalue weighted by molar-refractivity contribution is 7.07. The summed E-state index contributed by atoms with van der Waals surface area (Å²) in [6, 6.07) is 9.88. The van der Waals surface area contributed by atoms with Crippen LogP contribution in [0.15, 0.2) is 58.1 Å². The monoisotopic (exact) mass is 446 g/mol. The molecule has 0 aliphatic rings. The first kappa shape index (κ1) is 20.5. The van der Waals surface area contributed by atoms with E-state index in [9.17, 15) is 22.8 Å². The molecule has 2 heterocycles. The van der Waals surface area contributed by atoms with Gasteiger partial charge in [0.1, 0.15) is 22.8 Å². The number of aromatic nitrogens is 3. The molecule has 4 rings (SSSR count). The number of carbonyl (C=O) groups excluding carboxylic acids is 1. The average Bonchev–Trinajstić information content (AvgIpc) is 3.25. The van der Waals surface area contributed by atoms with Crippen LogP contribution >= 0.6 is 11.3 Å². The number of hydrogen-bond donors (Lipinski definition) is 1. The maximum atomic E-state index is 12.9. The molecule has 0 aliphatic heterocycles. The second kappa shape index (κ2) is 7.84. The molecule has 0 saturated carbocycles. The highest BCUT2D eigenvalue weighted by Gasteiger charge is 2.31. The molecule has 0 unspecified atom stereocenters. The van der Waals surface area contributed by atoms with Crippen molar-refractivity contribution in [1.29, 1.82) is 0 Å². The smallest absolute Gasteiger partial charge is 0.406 e. The highest BCUT2D eigenvalue weighted by atomic mass is 32.1. The molecule has 2 aromatic heterocycles. The Hall–Kier alpha value is -3.73. The summed E-state index contributed by atoms with van der Waals surface area (Å²) in [6.07, 6.45) is -4.85. The lowest BCUT2D eigenvalue weighted by Gasteiger charge is -2.14. The van der Waals surface area contributed by atoms with Gasteiger partial charge in [0.2, 0.25) is 0 Å². The molecule has 1 N–H and O–H groups in total. The van der Waals surface area contributed by atoms with Crippen LogP contribution in [0.1, 0.15) is 10.5 Å². The van der Waals surface area contributed by atoms with E-state index in [1.165, 1.54) is 40.6 Å². The molecule has 4 aromatic rings. The largest absolute Gasteiger partial charge is 0.573 e. The summed E-state index contributed by atoms with van der Waals surface area (Å²) in [5.74, 6) is -0.803. The first-order valence-corrected chi connectivity index (χ1v) is 9.73. The van der Waals surface area contributed by atoms with Gasteiger partial charge in [0, 0.05) is 18.0 Å². The second-order valence-electron chi connectivity index (χ2n) is 6.40. The third-order valence-corrected chi connectivity index (χ3v) is 4.93. The fourth-order valence-electron chi connectivity index (χ4n) is 3.00. The van der Waals surface area contributed by atoms with Crippen LogP contribution in [0.4, 0.5) is 18.9 Å². The van der Waals surface area contributed by atoms with Crippen LogP contribution in [-0.2, 0) is 7.05 Å². The topological polar surface area (TPSA) is 86.1 Å².